The number of ether oxygens (including phenoxy) is 1. The Hall–Kier alpha value is -4.21. The number of hydrogen-bond donors (Lipinski definition) is 4. The van der Waals surface area contributed by atoms with Crippen LogP contribution >= 0.6 is 0 Å². The van der Waals surface area contributed by atoms with E-state index in [0.717, 1.165) is 5.56 Å². The Labute approximate surface area is 190 Å². The minimum atomic E-state index is -1.05. The summed E-state index contributed by atoms with van der Waals surface area (Å²) >= 11 is 0. The molecule has 0 aliphatic carbocycles. The van der Waals surface area contributed by atoms with Gasteiger partial charge in [-0.15, -0.1) is 0 Å². The Morgan fingerprint density at radius 1 is 0.939 bits per heavy atom. The van der Waals surface area contributed by atoms with Crippen molar-refractivity contribution in [1.82, 2.24) is 4.90 Å². The molecule has 2 aromatic carbocycles. The van der Waals surface area contributed by atoms with Crippen LogP contribution in [0.5, 0.6) is 0 Å². The van der Waals surface area contributed by atoms with E-state index in [1.54, 1.807) is 48.5 Å². The molecule has 0 aliphatic heterocycles. The first kappa shape index (κ1) is 25.1. The van der Waals surface area contributed by atoms with Crippen molar-refractivity contribution < 1.29 is 29.0 Å². The molecular weight excluding hydrogens is 428 g/mol. The average molecular weight is 454 g/mol. The molecule has 0 bridgehead atoms. The largest absolute Gasteiger partial charge is 0.481 e. The summed E-state index contributed by atoms with van der Waals surface area (Å²) < 4.78 is 5.05. The number of nitrogens with zero attached hydrogens (tertiary/aromatic N) is 1. The van der Waals surface area contributed by atoms with Crippen LogP contribution in [-0.2, 0) is 32.1 Å². The zero-order valence-corrected chi connectivity index (χ0v) is 18.0. The van der Waals surface area contributed by atoms with E-state index in [1.807, 2.05) is 6.07 Å². The Bertz CT molecular complexity index is 992. The van der Waals surface area contributed by atoms with E-state index in [-0.39, 0.29) is 38.2 Å². The first-order valence-electron chi connectivity index (χ1n) is 10.2. The fourth-order valence-corrected chi connectivity index (χ4v) is 2.86. The van der Waals surface area contributed by atoms with Gasteiger partial charge in [0.1, 0.15) is 6.61 Å². The van der Waals surface area contributed by atoms with E-state index < -0.39 is 23.9 Å². The second-order valence-electron chi connectivity index (χ2n) is 7.15. The van der Waals surface area contributed by atoms with E-state index in [4.69, 9.17) is 21.0 Å². The number of anilines is 1. The van der Waals surface area contributed by atoms with Gasteiger partial charge in [0.2, 0.25) is 17.8 Å². The van der Waals surface area contributed by atoms with E-state index in [2.05, 4.69) is 5.32 Å². The first-order valence-corrected chi connectivity index (χ1v) is 10.2. The van der Waals surface area contributed by atoms with E-state index in [9.17, 15) is 19.2 Å². The fourth-order valence-electron chi connectivity index (χ4n) is 2.86. The maximum atomic E-state index is 12.4. The summed E-state index contributed by atoms with van der Waals surface area (Å²) in [6.07, 6.45) is -0.664. The molecule has 174 valence electrons. The van der Waals surface area contributed by atoms with Crippen molar-refractivity contribution in [2.75, 3.05) is 5.32 Å². The van der Waals surface area contributed by atoms with Crippen LogP contribution in [0.3, 0.4) is 0 Å². The molecule has 0 atom stereocenters. The fraction of sp³-hybridized carbons (Fsp3) is 0.261. The van der Waals surface area contributed by atoms with Gasteiger partial charge in [-0.3, -0.25) is 19.8 Å². The summed E-state index contributed by atoms with van der Waals surface area (Å²) in [5.41, 5.74) is 7.46. The summed E-state index contributed by atoms with van der Waals surface area (Å²) in [6.45, 7) is -0.0752. The highest BCUT2D eigenvalue weighted by atomic mass is 16.6. The number of imide groups is 1. The van der Waals surface area contributed by atoms with Crippen LogP contribution in [0, 0.1) is 5.41 Å². The minimum absolute atomic E-state index is 0.0112. The van der Waals surface area contributed by atoms with E-state index in [0.29, 0.717) is 22.6 Å². The molecule has 2 rings (SSSR count). The highest BCUT2D eigenvalue weighted by Gasteiger charge is 2.25. The summed E-state index contributed by atoms with van der Waals surface area (Å²) in [5.74, 6) is -2.71. The van der Waals surface area contributed by atoms with Crippen molar-refractivity contribution in [3.05, 3.63) is 65.7 Å². The molecule has 2 aromatic rings. The first-order chi connectivity index (χ1) is 15.8. The van der Waals surface area contributed by atoms with Crippen LogP contribution in [-0.4, -0.2) is 39.8 Å². The lowest BCUT2D eigenvalue weighted by atomic mass is 10.1. The summed E-state index contributed by atoms with van der Waals surface area (Å²) in [4.78, 5) is 47.7. The molecule has 0 saturated heterocycles. The number of aryl methyl sites for hydroxylation is 1. The van der Waals surface area contributed by atoms with Crippen molar-refractivity contribution in [3.8, 4) is 0 Å². The highest BCUT2D eigenvalue weighted by molar-refractivity contribution is 6.08. The van der Waals surface area contributed by atoms with Crippen LogP contribution in [0.15, 0.2) is 54.6 Å². The molecule has 0 radical (unpaired) electrons. The number of amides is 3. The quantitative estimate of drug-likeness (QED) is 0.317. The lowest BCUT2D eigenvalue weighted by Gasteiger charge is -2.18. The molecule has 0 spiro atoms. The molecule has 10 heteroatoms. The van der Waals surface area contributed by atoms with Gasteiger partial charge in [-0.1, -0.05) is 42.5 Å². The number of hydrogen-bond acceptors (Lipinski definition) is 6. The van der Waals surface area contributed by atoms with Crippen molar-refractivity contribution in [1.29, 1.82) is 5.41 Å². The number of carboxylic acids is 1. The Morgan fingerprint density at radius 2 is 1.61 bits per heavy atom. The highest BCUT2D eigenvalue weighted by Crippen LogP contribution is 2.13. The monoisotopic (exact) mass is 454 g/mol. The van der Waals surface area contributed by atoms with Gasteiger partial charge in [-0.2, -0.15) is 4.90 Å². The third kappa shape index (κ3) is 8.82. The molecule has 33 heavy (non-hydrogen) atoms. The molecule has 0 heterocycles. The molecule has 0 aliphatic rings. The lowest BCUT2D eigenvalue weighted by Crippen LogP contribution is -2.45. The molecule has 0 saturated carbocycles. The van der Waals surface area contributed by atoms with Crippen LogP contribution < -0.4 is 11.1 Å². The second kappa shape index (κ2) is 12.6. The molecule has 5 N–H and O–H groups in total. The number of benzene rings is 2. The normalized spacial score (nSPS) is 10.2. The number of carbonyl (C=O) groups excluding carboxylic acids is 3. The van der Waals surface area contributed by atoms with Gasteiger partial charge in [0.15, 0.2) is 0 Å². The van der Waals surface area contributed by atoms with Gasteiger partial charge in [-0.05, 0) is 36.1 Å². The molecule has 0 aromatic heterocycles. The third-order valence-electron chi connectivity index (χ3n) is 4.54. The number of guanidine groups is 1. The Morgan fingerprint density at radius 3 is 2.21 bits per heavy atom. The molecule has 0 fully saturated rings. The van der Waals surface area contributed by atoms with Crippen molar-refractivity contribution >= 4 is 35.5 Å². The van der Waals surface area contributed by atoms with Gasteiger partial charge >= 0.3 is 12.1 Å². The topological polar surface area (TPSA) is 163 Å². The SMILES string of the molecule is N=C(N)N(C(=O)CCCC(=O)Nc1ccc(CCC(=O)O)cc1)C(=O)OCc1ccccc1. The zero-order chi connectivity index (χ0) is 24.2. The molecule has 10 nitrogen and oxygen atoms in total. The van der Waals surface area contributed by atoms with Crippen LogP contribution in [0.1, 0.15) is 36.8 Å². The lowest BCUT2D eigenvalue weighted by molar-refractivity contribution is -0.137. The predicted molar refractivity (Wildman–Crippen MR) is 120 cm³/mol. The van der Waals surface area contributed by atoms with Crippen LogP contribution in [0.25, 0.3) is 0 Å². The van der Waals surface area contributed by atoms with Crippen LogP contribution in [0.4, 0.5) is 10.5 Å². The summed E-state index contributed by atoms with van der Waals surface area (Å²) in [7, 11) is 0. The Kier molecular flexibility index (Phi) is 9.56. The minimum Gasteiger partial charge on any atom is -0.481 e. The third-order valence-corrected chi connectivity index (χ3v) is 4.54. The van der Waals surface area contributed by atoms with Crippen molar-refractivity contribution in [2.45, 2.75) is 38.7 Å². The standard InChI is InChI=1S/C23H26N4O6/c24-22(25)27(23(32)33-15-17-5-2-1-3-6-17)20(29)8-4-7-19(28)26-18-12-9-16(10-13-18)11-14-21(30)31/h1-3,5-6,9-10,12-13H,4,7-8,11,14-15H2,(H3,24,25)(H,26,28)(H,30,31). The maximum Gasteiger partial charge on any atom is 0.423 e. The predicted octanol–water partition coefficient (Wildman–Crippen LogP) is 2.87. The number of aliphatic carboxylic acids is 1. The van der Waals surface area contributed by atoms with E-state index in [1.165, 1.54) is 0 Å². The van der Waals surface area contributed by atoms with Gasteiger partial charge in [0.05, 0.1) is 0 Å². The molecule has 3 amide bonds. The van der Waals surface area contributed by atoms with Gasteiger partial charge < -0.3 is 20.9 Å². The molecular formula is C23H26N4O6. The average Bonchev–Trinajstić information content (AvgIpc) is 2.77. The van der Waals surface area contributed by atoms with E-state index >= 15 is 0 Å². The van der Waals surface area contributed by atoms with Gasteiger partial charge in [0, 0.05) is 24.9 Å². The number of nitrogens with two attached hydrogens (primary N) is 1. The number of nitrogens with one attached hydrogen (secondary N) is 2. The number of rotatable bonds is 10. The number of carbonyl (C=O) groups is 4. The van der Waals surface area contributed by atoms with Gasteiger partial charge in [-0.25, -0.2) is 4.79 Å². The second-order valence-corrected chi connectivity index (χ2v) is 7.15. The maximum absolute atomic E-state index is 12.4. The van der Waals surface area contributed by atoms with Crippen LogP contribution in [0.2, 0.25) is 0 Å². The number of carboxylic acid groups (broad SMARTS) is 1. The van der Waals surface area contributed by atoms with Gasteiger partial charge in [0.25, 0.3) is 0 Å². The Balaban J connectivity index is 1.78. The smallest absolute Gasteiger partial charge is 0.423 e. The summed E-state index contributed by atoms with van der Waals surface area (Å²) in [5, 5.41) is 18.9. The summed E-state index contributed by atoms with van der Waals surface area (Å²) in [6, 6.07) is 15.6. The zero-order valence-electron chi connectivity index (χ0n) is 18.0. The van der Waals surface area contributed by atoms with Crippen molar-refractivity contribution in [3.63, 3.8) is 0 Å². The molecule has 0 unspecified atom stereocenters. The van der Waals surface area contributed by atoms with Crippen molar-refractivity contribution in [2.24, 2.45) is 5.73 Å².